The van der Waals surface area contributed by atoms with Crippen LogP contribution in [0.2, 0.25) is 0 Å². The smallest absolute Gasteiger partial charge is 0.407 e. The highest BCUT2D eigenvalue weighted by Gasteiger charge is 2.27. The number of hydrogen-bond acceptors (Lipinski definition) is 1. The molecule has 1 atom stereocenters. The molecule has 1 aromatic carbocycles. The Balaban J connectivity index is 1.95. The molecular formula is C13H16ClNO2. The Morgan fingerprint density at radius 3 is 2.41 bits per heavy atom. The summed E-state index contributed by atoms with van der Waals surface area (Å²) in [6, 6.07) is 10.00. The maximum atomic E-state index is 10.8. The highest BCUT2D eigenvalue weighted by atomic mass is 35.5. The second-order valence-electron chi connectivity index (χ2n) is 4.42. The zero-order valence-electron chi connectivity index (χ0n) is 9.55. The van der Waals surface area contributed by atoms with E-state index in [-0.39, 0.29) is 5.38 Å². The quantitative estimate of drug-likeness (QED) is 0.821. The molecule has 0 spiro atoms. The van der Waals surface area contributed by atoms with Crippen LogP contribution in [0.1, 0.15) is 23.8 Å². The zero-order valence-corrected chi connectivity index (χ0v) is 10.3. The first-order valence-corrected chi connectivity index (χ1v) is 6.29. The van der Waals surface area contributed by atoms with E-state index in [1.54, 1.807) is 0 Å². The van der Waals surface area contributed by atoms with E-state index in [9.17, 15) is 4.79 Å². The van der Waals surface area contributed by atoms with Crippen molar-refractivity contribution in [3.63, 3.8) is 0 Å². The Morgan fingerprint density at radius 1 is 1.29 bits per heavy atom. The van der Waals surface area contributed by atoms with Gasteiger partial charge in [0, 0.05) is 13.1 Å². The Labute approximate surface area is 106 Å². The van der Waals surface area contributed by atoms with E-state index in [1.807, 2.05) is 30.3 Å². The SMILES string of the molecule is O=C(O)N1CCC(C(Cl)c2ccccc2)CC1. The predicted molar refractivity (Wildman–Crippen MR) is 67.4 cm³/mol. The van der Waals surface area contributed by atoms with Gasteiger partial charge in [0.05, 0.1) is 5.38 Å². The highest BCUT2D eigenvalue weighted by Crippen LogP contribution is 2.35. The molecule has 1 fully saturated rings. The van der Waals surface area contributed by atoms with Crippen molar-refractivity contribution in [2.45, 2.75) is 18.2 Å². The van der Waals surface area contributed by atoms with Crippen molar-refractivity contribution in [2.24, 2.45) is 5.92 Å². The van der Waals surface area contributed by atoms with Crippen LogP contribution in [-0.2, 0) is 0 Å². The molecule has 1 heterocycles. The summed E-state index contributed by atoms with van der Waals surface area (Å²) < 4.78 is 0. The van der Waals surface area contributed by atoms with Gasteiger partial charge < -0.3 is 10.0 Å². The molecule has 2 rings (SSSR count). The summed E-state index contributed by atoms with van der Waals surface area (Å²) in [4.78, 5) is 12.3. The fourth-order valence-corrected chi connectivity index (χ4v) is 2.69. The first kappa shape index (κ1) is 12.2. The lowest BCUT2D eigenvalue weighted by Gasteiger charge is -2.32. The molecule has 0 radical (unpaired) electrons. The van der Waals surface area contributed by atoms with Crippen LogP contribution in [0.15, 0.2) is 30.3 Å². The molecule has 92 valence electrons. The molecule has 1 unspecified atom stereocenters. The first-order valence-electron chi connectivity index (χ1n) is 5.85. The molecular weight excluding hydrogens is 238 g/mol. The van der Waals surface area contributed by atoms with Crippen LogP contribution in [0.4, 0.5) is 4.79 Å². The molecule has 1 N–H and O–H groups in total. The third kappa shape index (κ3) is 2.91. The van der Waals surface area contributed by atoms with E-state index in [2.05, 4.69) is 0 Å². The molecule has 17 heavy (non-hydrogen) atoms. The number of benzene rings is 1. The van der Waals surface area contributed by atoms with E-state index in [0.29, 0.717) is 19.0 Å². The van der Waals surface area contributed by atoms with Crippen molar-refractivity contribution < 1.29 is 9.90 Å². The molecule has 0 saturated carbocycles. The van der Waals surface area contributed by atoms with Crippen molar-refractivity contribution in [2.75, 3.05) is 13.1 Å². The minimum atomic E-state index is -0.825. The second-order valence-corrected chi connectivity index (χ2v) is 4.89. The topological polar surface area (TPSA) is 40.5 Å². The van der Waals surface area contributed by atoms with Crippen LogP contribution in [0.5, 0.6) is 0 Å². The number of nitrogens with zero attached hydrogens (tertiary/aromatic N) is 1. The summed E-state index contributed by atoms with van der Waals surface area (Å²) in [5.41, 5.74) is 1.13. The molecule has 0 bridgehead atoms. The average molecular weight is 254 g/mol. The van der Waals surface area contributed by atoms with Gasteiger partial charge in [-0.3, -0.25) is 0 Å². The molecule has 1 amide bonds. The third-order valence-corrected chi connectivity index (χ3v) is 3.95. The number of piperidine rings is 1. The van der Waals surface area contributed by atoms with Gasteiger partial charge in [-0.15, -0.1) is 11.6 Å². The fourth-order valence-electron chi connectivity index (χ4n) is 2.29. The Bertz CT molecular complexity index is 374. The van der Waals surface area contributed by atoms with E-state index in [0.717, 1.165) is 18.4 Å². The maximum absolute atomic E-state index is 10.8. The predicted octanol–water partition coefficient (Wildman–Crippen LogP) is 3.36. The van der Waals surface area contributed by atoms with Gasteiger partial charge in [-0.2, -0.15) is 0 Å². The number of rotatable bonds is 2. The van der Waals surface area contributed by atoms with E-state index < -0.39 is 6.09 Å². The standard InChI is InChI=1S/C13H16ClNO2/c14-12(10-4-2-1-3-5-10)11-6-8-15(9-7-11)13(16)17/h1-5,11-12H,6-9H2,(H,16,17). The number of carboxylic acid groups (broad SMARTS) is 1. The second kappa shape index (κ2) is 5.41. The number of carbonyl (C=O) groups is 1. The minimum Gasteiger partial charge on any atom is -0.465 e. The zero-order chi connectivity index (χ0) is 12.3. The number of likely N-dealkylation sites (tertiary alicyclic amines) is 1. The third-order valence-electron chi connectivity index (χ3n) is 3.34. The Kier molecular flexibility index (Phi) is 3.89. The van der Waals surface area contributed by atoms with Gasteiger partial charge in [0.1, 0.15) is 0 Å². The highest BCUT2D eigenvalue weighted by molar-refractivity contribution is 6.21. The summed E-state index contributed by atoms with van der Waals surface area (Å²) in [5.74, 6) is 0.370. The molecule has 1 saturated heterocycles. The summed E-state index contributed by atoms with van der Waals surface area (Å²) in [7, 11) is 0. The Hall–Kier alpha value is -1.22. The largest absolute Gasteiger partial charge is 0.465 e. The van der Waals surface area contributed by atoms with Gasteiger partial charge in [-0.05, 0) is 24.3 Å². The van der Waals surface area contributed by atoms with Crippen LogP contribution in [0.25, 0.3) is 0 Å². The van der Waals surface area contributed by atoms with Crippen LogP contribution in [0.3, 0.4) is 0 Å². The van der Waals surface area contributed by atoms with Crippen molar-refractivity contribution in [1.82, 2.24) is 4.90 Å². The summed E-state index contributed by atoms with van der Waals surface area (Å²) in [6.45, 7) is 1.19. The average Bonchev–Trinajstić information content (AvgIpc) is 2.39. The van der Waals surface area contributed by atoms with Crippen molar-refractivity contribution in [1.29, 1.82) is 0 Å². The van der Waals surface area contributed by atoms with Gasteiger partial charge >= 0.3 is 6.09 Å². The van der Waals surface area contributed by atoms with Crippen LogP contribution in [-0.4, -0.2) is 29.2 Å². The molecule has 1 aliphatic rings. The first-order chi connectivity index (χ1) is 8.18. The lowest BCUT2D eigenvalue weighted by molar-refractivity contribution is 0.124. The van der Waals surface area contributed by atoms with E-state index in [1.165, 1.54) is 4.90 Å². The fraction of sp³-hybridized carbons (Fsp3) is 0.462. The van der Waals surface area contributed by atoms with Crippen molar-refractivity contribution in [3.05, 3.63) is 35.9 Å². The number of amides is 1. The minimum absolute atomic E-state index is 0.00727. The van der Waals surface area contributed by atoms with E-state index in [4.69, 9.17) is 16.7 Å². The number of hydrogen-bond donors (Lipinski definition) is 1. The van der Waals surface area contributed by atoms with Gasteiger partial charge in [-0.25, -0.2) is 4.79 Å². The maximum Gasteiger partial charge on any atom is 0.407 e. The monoisotopic (exact) mass is 253 g/mol. The molecule has 1 aliphatic heterocycles. The summed E-state index contributed by atoms with van der Waals surface area (Å²) >= 11 is 6.45. The summed E-state index contributed by atoms with van der Waals surface area (Å²) in [5, 5.41) is 8.87. The molecule has 4 heteroatoms. The Morgan fingerprint density at radius 2 is 1.88 bits per heavy atom. The van der Waals surface area contributed by atoms with Gasteiger partial charge in [0.2, 0.25) is 0 Å². The van der Waals surface area contributed by atoms with E-state index >= 15 is 0 Å². The molecule has 0 aromatic heterocycles. The van der Waals surface area contributed by atoms with Crippen LogP contribution in [0, 0.1) is 5.92 Å². The number of halogens is 1. The lowest BCUT2D eigenvalue weighted by Crippen LogP contribution is -2.38. The molecule has 1 aromatic rings. The lowest BCUT2D eigenvalue weighted by atomic mass is 9.90. The van der Waals surface area contributed by atoms with Gasteiger partial charge in [0.15, 0.2) is 0 Å². The summed E-state index contributed by atoms with van der Waals surface area (Å²) in [6.07, 6.45) is 0.861. The van der Waals surface area contributed by atoms with Crippen LogP contribution < -0.4 is 0 Å². The van der Waals surface area contributed by atoms with Crippen molar-refractivity contribution >= 4 is 17.7 Å². The normalized spacial score (nSPS) is 19.0. The molecule has 3 nitrogen and oxygen atoms in total. The van der Waals surface area contributed by atoms with Crippen molar-refractivity contribution in [3.8, 4) is 0 Å². The molecule has 0 aliphatic carbocycles. The number of alkyl halides is 1. The van der Waals surface area contributed by atoms with Gasteiger partial charge in [-0.1, -0.05) is 30.3 Å². The van der Waals surface area contributed by atoms with Crippen LogP contribution >= 0.6 is 11.6 Å². The van der Waals surface area contributed by atoms with Gasteiger partial charge in [0.25, 0.3) is 0 Å².